The predicted molar refractivity (Wildman–Crippen MR) is 71.6 cm³/mol. The lowest BCUT2D eigenvalue weighted by atomic mass is 9.80. The summed E-state index contributed by atoms with van der Waals surface area (Å²) < 4.78 is 0. The minimum absolute atomic E-state index is 0.249. The molecule has 0 amide bonds. The van der Waals surface area contributed by atoms with Crippen molar-refractivity contribution >= 4 is 5.78 Å². The van der Waals surface area contributed by atoms with Crippen molar-refractivity contribution in [2.45, 2.75) is 52.9 Å². The van der Waals surface area contributed by atoms with Crippen molar-refractivity contribution in [3.8, 4) is 0 Å². The summed E-state index contributed by atoms with van der Waals surface area (Å²) in [5.74, 6) is 0.899. The quantitative estimate of drug-likeness (QED) is 0.655. The Morgan fingerprint density at radius 2 is 2.00 bits per heavy atom. The monoisotopic (exact) mass is 230 g/mol. The van der Waals surface area contributed by atoms with Crippen LogP contribution in [-0.2, 0) is 6.42 Å². The molecular weight excluding hydrogens is 208 g/mol. The first-order valence-electron chi connectivity index (χ1n) is 6.57. The van der Waals surface area contributed by atoms with Crippen molar-refractivity contribution in [2.75, 3.05) is 0 Å². The van der Waals surface area contributed by atoms with Crippen LogP contribution in [0.3, 0.4) is 0 Å². The van der Waals surface area contributed by atoms with Gasteiger partial charge in [-0.05, 0) is 42.4 Å². The van der Waals surface area contributed by atoms with Gasteiger partial charge < -0.3 is 0 Å². The summed E-state index contributed by atoms with van der Waals surface area (Å²) in [6, 6.07) is 6.30. The van der Waals surface area contributed by atoms with Crippen molar-refractivity contribution in [1.29, 1.82) is 0 Å². The summed E-state index contributed by atoms with van der Waals surface area (Å²) in [4.78, 5) is 12.2. The number of Topliss-reactive ketones (excluding diaryl/α,β-unsaturated/α-hetero) is 1. The van der Waals surface area contributed by atoms with E-state index in [9.17, 15) is 4.79 Å². The molecule has 1 aromatic carbocycles. The van der Waals surface area contributed by atoms with Gasteiger partial charge in [-0.15, -0.1) is 0 Å². The maximum absolute atomic E-state index is 12.2. The Hall–Kier alpha value is -1.11. The molecule has 1 unspecified atom stereocenters. The fraction of sp³-hybridized carbons (Fsp3) is 0.562. The molecule has 0 aliphatic heterocycles. The highest BCUT2D eigenvalue weighted by Gasteiger charge is 2.24. The van der Waals surface area contributed by atoms with Gasteiger partial charge in [-0.2, -0.15) is 0 Å². The van der Waals surface area contributed by atoms with E-state index in [0.29, 0.717) is 5.92 Å². The minimum atomic E-state index is -0.283. The second kappa shape index (κ2) is 4.29. The van der Waals surface area contributed by atoms with Gasteiger partial charge in [0.2, 0.25) is 0 Å². The van der Waals surface area contributed by atoms with Crippen LogP contribution in [0, 0.1) is 5.41 Å². The summed E-state index contributed by atoms with van der Waals surface area (Å²) in [5.41, 5.74) is 3.43. The zero-order valence-electron chi connectivity index (χ0n) is 11.3. The van der Waals surface area contributed by atoms with E-state index < -0.39 is 0 Å². The number of ketones is 1. The minimum Gasteiger partial charge on any atom is -0.294 e. The van der Waals surface area contributed by atoms with E-state index in [-0.39, 0.29) is 11.2 Å². The molecule has 0 saturated carbocycles. The Morgan fingerprint density at radius 3 is 2.65 bits per heavy atom. The molecular formula is C16H22O. The van der Waals surface area contributed by atoms with Crippen molar-refractivity contribution in [1.82, 2.24) is 0 Å². The lowest BCUT2D eigenvalue weighted by Gasteiger charge is -2.24. The summed E-state index contributed by atoms with van der Waals surface area (Å²) in [6.45, 7) is 8.23. The second-order valence-corrected chi connectivity index (χ2v) is 6.29. The largest absolute Gasteiger partial charge is 0.294 e. The molecule has 0 N–H and O–H groups in total. The highest BCUT2D eigenvalue weighted by Crippen LogP contribution is 2.32. The van der Waals surface area contributed by atoms with Crippen molar-refractivity contribution in [3.05, 3.63) is 34.9 Å². The molecule has 0 radical (unpaired) electrons. The van der Waals surface area contributed by atoms with Gasteiger partial charge in [-0.3, -0.25) is 4.79 Å². The molecule has 0 aromatic heterocycles. The number of hydrogen-bond donors (Lipinski definition) is 0. The molecule has 0 spiro atoms. The van der Waals surface area contributed by atoms with Crippen LogP contribution >= 0.6 is 0 Å². The van der Waals surface area contributed by atoms with Crippen LogP contribution in [0.25, 0.3) is 0 Å². The number of hydrogen-bond acceptors (Lipinski definition) is 1. The third-order valence-corrected chi connectivity index (χ3v) is 3.70. The van der Waals surface area contributed by atoms with E-state index in [1.54, 1.807) is 0 Å². The first-order valence-corrected chi connectivity index (χ1v) is 6.57. The van der Waals surface area contributed by atoms with E-state index in [1.807, 2.05) is 26.8 Å². The number of benzene rings is 1. The molecule has 17 heavy (non-hydrogen) atoms. The Balaban J connectivity index is 2.37. The summed E-state index contributed by atoms with van der Waals surface area (Å²) in [7, 11) is 0. The lowest BCUT2D eigenvalue weighted by Crippen LogP contribution is -2.21. The maximum atomic E-state index is 12.2. The van der Waals surface area contributed by atoms with Gasteiger partial charge in [0.1, 0.15) is 0 Å². The number of rotatable bonds is 1. The Morgan fingerprint density at radius 1 is 1.29 bits per heavy atom. The van der Waals surface area contributed by atoms with E-state index in [4.69, 9.17) is 0 Å². The first kappa shape index (κ1) is 12.3. The number of fused-ring (bicyclic) bond motifs is 1. The van der Waals surface area contributed by atoms with Crippen LogP contribution in [0.2, 0.25) is 0 Å². The normalized spacial score (nSPS) is 19.9. The van der Waals surface area contributed by atoms with Crippen LogP contribution < -0.4 is 0 Å². The molecule has 0 bridgehead atoms. The van der Waals surface area contributed by atoms with Crippen LogP contribution in [0.15, 0.2) is 18.2 Å². The topological polar surface area (TPSA) is 17.1 Å². The molecule has 2 rings (SSSR count). The van der Waals surface area contributed by atoms with E-state index in [0.717, 1.165) is 12.0 Å². The smallest absolute Gasteiger partial charge is 0.168 e. The van der Waals surface area contributed by atoms with Gasteiger partial charge in [0, 0.05) is 11.0 Å². The van der Waals surface area contributed by atoms with Crippen molar-refractivity contribution < 1.29 is 4.79 Å². The van der Waals surface area contributed by atoms with Crippen molar-refractivity contribution in [3.63, 3.8) is 0 Å². The SMILES string of the molecule is CC1CCCc2cc(C(=O)C(C)(C)C)ccc21. The van der Waals surface area contributed by atoms with Gasteiger partial charge >= 0.3 is 0 Å². The zero-order valence-corrected chi connectivity index (χ0v) is 11.3. The van der Waals surface area contributed by atoms with Crippen LogP contribution in [0.1, 0.15) is 67.9 Å². The Kier molecular flexibility index (Phi) is 3.11. The number of carbonyl (C=O) groups is 1. The highest BCUT2D eigenvalue weighted by atomic mass is 16.1. The highest BCUT2D eigenvalue weighted by molar-refractivity contribution is 6.00. The van der Waals surface area contributed by atoms with E-state index in [2.05, 4.69) is 19.1 Å². The van der Waals surface area contributed by atoms with Crippen LogP contribution in [0.5, 0.6) is 0 Å². The molecule has 0 saturated heterocycles. The molecule has 92 valence electrons. The molecule has 0 fully saturated rings. The third kappa shape index (κ3) is 2.43. The molecule has 1 atom stereocenters. The third-order valence-electron chi connectivity index (χ3n) is 3.70. The first-order chi connectivity index (χ1) is 7.89. The van der Waals surface area contributed by atoms with Gasteiger partial charge in [0.15, 0.2) is 5.78 Å². The summed E-state index contributed by atoms with van der Waals surface area (Å²) in [5, 5.41) is 0. The van der Waals surface area contributed by atoms with Gasteiger partial charge in [0.05, 0.1) is 0 Å². The predicted octanol–water partition coefficient (Wildman–Crippen LogP) is 4.36. The number of carbonyl (C=O) groups excluding carboxylic acids is 1. The average Bonchev–Trinajstić information content (AvgIpc) is 2.26. The summed E-state index contributed by atoms with van der Waals surface area (Å²) in [6.07, 6.45) is 3.66. The van der Waals surface area contributed by atoms with E-state index >= 15 is 0 Å². The molecule has 1 heteroatoms. The summed E-state index contributed by atoms with van der Waals surface area (Å²) >= 11 is 0. The zero-order chi connectivity index (χ0) is 12.6. The maximum Gasteiger partial charge on any atom is 0.168 e. The van der Waals surface area contributed by atoms with Crippen molar-refractivity contribution in [2.24, 2.45) is 5.41 Å². The molecule has 0 heterocycles. The fourth-order valence-corrected chi connectivity index (χ4v) is 2.63. The van der Waals surface area contributed by atoms with E-state index in [1.165, 1.54) is 24.0 Å². The van der Waals surface area contributed by atoms with Crippen LogP contribution in [0.4, 0.5) is 0 Å². The van der Waals surface area contributed by atoms with Gasteiger partial charge in [0.25, 0.3) is 0 Å². The second-order valence-electron chi connectivity index (χ2n) is 6.29. The fourth-order valence-electron chi connectivity index (χ4n) is 2.63. The lowest BCUT2D eigenvalue weighted by molar-refractivity contribution is 0.0858. The van der Waals surface area contributed by atoms with Gasteiger partial charge in [-0.1, -0.05) is 39.8 Å². The Bertz CT molecular complexity index is 437. The average molecular weight is 230 g/mol. The molecule has 1 aliphatic carbocycles. The van der Waals surface area contributed by atoms with Gasteiger partial charge in [-0.25, -0.2) is 0 Å². The molecule has 1 aromatic rings. The molecule has 1 nitrogen and oxygen atoms in total. The Labute approximate surface area is 104 Å². The number of aryl methyl sites for hydroxylation is 1. The van der Waals surface area contributed by atoms with Crippen LogP contribution in [-0.4, -0.2) is 5.78 Å². The standard InChI is InChI=1S/C16H22O/c1-11-6-5-7-12-10-13(8-9-14(11)12)15(17)16(2,3)4/h8-11H,5-7H2,1-4H3. The molecule has 1 aliphatic rings.